The van der Waals surface area contributed by atoms with Crippen LogP contribution in [0.3, 0.4) is 0 Å². The van der Waals surface area contributed by atoms with E-state index in [1.54, 1.807) is 19.1 Å². The lowest BCUT2D eigenvalue weighted by molar-refractivity contribution is -0.279. The summed E-state index contributed by atoms with van der Waals surface area (Å²) in [6.07, 6.45) is -5.48. The van der Waals surface area contributed by atoms with Crippen molar-refractivity contribution in [3.05, 3.63) is 108 Å². The first-order chi connectivity index (χ1) is 14.6. The Labute approximate surface area is 177 Å². The number of ether oxygens (including phenoxy) is 1. The van der Waals surface area contributed by atoms with Crippen molar-refractivity contribution in [1.82, 2.24) is 0 Å². The summed E-state index contributed by atoms with van der Waals surface area (Å²) in [6.45, 7) is 4.09. The molecule has 0 radical (unpaired) electrons. The van der Waals surface area contributed by atoms with E-state index in [1.807, 2.05) is 18.2 Å². The monoisotopic (exact) mass is 440 g/mol. The molecule has 7 heteroatoms. The fourth-order valence-corrected chi connectivity index (χ4v) is 3.20. The Morgan fingerprint density at radius 2 is 1.68 bits per heavy atom. The van der Waals surface area contributed by atoms with Gasteiger partial charge in [0.15, 0.2) is 0 Å². The van der Waals surface area contributed by atoms with Crippen LogP contribution in [0.1, 0.15) is 18.1 Å². The van der Waals surface area contributed by atoms with Crippen molar-refractivity contribution in [2.45, 2.75) is 31.3 Å². The van der Waals surface area contributed by atoms with Crippen LogP contribution in [0.4, 0.5) is 26.3 Å². The van der Waals surface area contributed by atoms with Crippen molar-refractivity contribution in [3.8, 4) is 0 Å². The predicted octanol–water partition coefficient (Wildman–Crippen LogP) is 7.17. The maximum Gasteiger partial charge on any atom is 0.461 e. The highest BCUT2D eigenvalue weighted by Crippen LogP contribution is 2.38. The summed E-state index contributed by atoms with van der Waals surface area (Å²) in [5, 5.41) is 0. The molecule has 0 aliphatic carbocycles. The maximum absolute atomic E-state index is 13.5. The van der Waals surface area contributed by atoms with Gasteiger partial charge in [0.2, 0.25) is 0 Å². The molecule has 0 amide bonds. The molecule has 31 heavy (non-hydrogen) atoms. The number of halogens is 6. The van der Waals surface area contributed by atoms with Crippen molar-refractivity contribution < 1.29 is 31.1 Å². The van der Waals surface area contributed by atoms with Crippen molar-refractivity contribution >= 4 is 0 Å². The van der Waals surface area contributed by atoms with E-state index in [9.17, 15) is 26.3 Å². The summed E-state index contributed by atoms with van der Waals surface area (Å²) < 4.78 is 83.1. The number of hydrogen-bond acceptors (Lipinski definition) is 1. The normalized spacial score (nSPS) is 15.0. The molecule has 0 saturated heterocycles. The molecule has 0 aliphatic heterocycles. The highest BCUT2D eigenvalue weighted by molar-refractivity contribution is 5.45. The molecule has 2 aromatic rings. The lowest BCUT2D eigenvalue weighted by atomic mass is 9.71. The maximum atomic E-state index is 13.5. The molecule has 0 heterocycles. The van der Waals surface area contributed by atoms with Crippen LogP contribution in [0.2, 0.25) is 0 Å². The summed E-state index contributed by atoms with van der Waals surface area (Å²) in [5.41, 5.74) is 0.563. The highest BCUT2D eigenvalue weighted by atomic mass is 19.3. The van der Waals surface area contributed by atoms with Gasteiger partial charge in [0.1, 0.15) is 18.3 Å². The molecule has 0 fully saturated rings. The number of allylic oxidation sites excluding steroid dienone is 4. The number of alkyl halides is 5. The number of benzene rings is 2. The van der Waals surface area contributed by atoms with E-state index >= 15 is 0 Å². The van der Waals surface area contributed by atoms with Gasteiger partial charge in [-0.2, -0.15) is 17.6 Å². The molecule has 2 aromatic carbocycles. The second-order valence-corrected chi connectivity index (χ2v) is 7.03. The van der Waals surface area contributed by atoms with Gasteiger partial charge in [-0.3, -0.25) is 0 Å². The summed E-state index contributed by atoms with van der Waals surface area (Å²) in [7, 11) is 0. The fourth-order valence-electron chi connectivity index (χ4n) is 3.20. The molecule has 0 aromatic heterocycles. The predicted molar refractivity (Wildman–Crippen MR) is 108 cm³/mol. The molecule has 0 bridgehead atoms. The SMILES string of the molecule is C=C/C(=C\C(=C/CF)[C@@](C)(Cc1ccccc1)c1ccc(F)cc1)OC(F)(F)C(F)F. The summed E-state index contributed by atoms with van der Waals surface area (Å²) in [5.74, 6) is -1.13. The smallest absolute Gasteiger partial charge is 0.428 e. The molecule has 0 unspecified atom stereocenters. The molecular weight excluding hydrogens is 418 g/mol. The lowest BCUT2D eigenvalue weighted by Gasteiger charge is -2.33. The Kier molecular flexibility index (Phi) is 8.14. The minimum absolute atomic E-state index is 0.186. The van der Waals surface area contributed by atoms with Gasteiger partial charge in [-0.05, 0) is 53.5 Å². The fraction of sp³-hybridized carbons (Fsp3) is 0.250. The van der Waals surface area contributed by atoms with Crippen molar-refractivity contribution in [1.29, 1.82) is 0 Å². The van der Waals surface area contributed by atoms with Gasteiger partial charge in [-0.1, -0.05) is 56.0 Å². The minimum atomic E-state index is -4.74. The van der Waals surface area contributed by atoms with Gasteiger partial charge in [0.05, 0.1) is 0 Å². The third kappa shape index (κ3) is 6.26. The van der Waals surface area contributed by atoms with Crippen LogP contribution in [0.25, 0.3) is 0 Å². The van der Waals surface area contributed by atoms with E-state index in [0.29, 0.717) is 5.56 Å². The Hall–Kier alpha value is -2.96. The topological polar surface area (TPSA) is 9.23 Å². The molecule has 2 rings (SSSR count). The molecule has 166 valence electrons. The molecule has 1 nitrogen and oxygen atoms in total. The van der Waals surface area contributed by atoms with Crippen molar-refractivity contribution in [2.24, 2.45) is 0 Å². The van der Waals surface area contributed by atoms with Gasteiger partial charge in [-0.25, -0.2) is 8.78 Å². The van der Waals surface area contributed by atoms with E-state index < -0.39 is 36.2 Å². The number of rotatable bonds is 10. The Morgan fingerprint density at radius 1 is 1.06 bits per heavy atom. The second-order valence-electron chi connectivity index (χ2n) is 7.03. The van der Waals surface area contributed by atoms with Crippen LogP contribution in [0.5, 0.6) is 0 Å². The van der Waals surface area contributed by atoms with Gasteiger partial charge in [-0.15, -0.1) is 0 Å². The van der Waals surface area contributed by atoms with E-state index in [-0.39, 0.29) is 12.0 Å². The van der Waals surface area contributed by atoms with E-state index in [1.165, 1.54) is 24.3 Å². The van der Waals surface area contributed by atoms with Gasteiger partial charge in [0, 0.05) is 5.41 Å². The molecule has 0 aliphatic rings. The van der Waals surface area contributed by atoms with Crippen LogP contribution in [-0.2, 0) is 16.6 Å². The third-order valence-electron chi connectivity index (χ3n) is 4.82. The largest absolute Gasteiger partial charge is 0.461 e. The Bertz CT molecular complexity index is 919. The molecule has 0 N–H and O–H groups in total. The summed E-state index contributed by atoms with van der Waals surface area (Å²) in [4.78, 5) is 0. The first kappa shape index (κ1) is 24.3. The molecule has 1 atom stereocenters. The van der Waals surface area contributed by atoms with Crippen molar-refractivity contribution in [2.75, 3.05) is 6.67 Å². The summed E-state index contributed by atoms with van der Waals surface area (Å²) >= 11 is 0. The van der Waals surface area contributed by atoms with E-state index in [2.05, 4.69) is 11.3 Å². The zero-order chi connectivity index (χ0) is 23.1. The Balaban J connectivity index is 2.59. The van der Waals surface area contributed by atoms with E-state index in [4.69, 9.17) is 0 Å². The van der Waals surface area contributed by atoms with Gasteiger partial charge in [0.25, 0.3) is 0 Å². The average molecular weight is 440 g/mol. The Morgan fingerprint density at radius 3 is 2.19 bits per heavy atom. The molecule has 0 saturated carbocycles. The van der Waals surface area contributed by atoms with Crippen LogP contribution in [-0.4, -0.2) is 19.2 Å². The van der Waals surface area contributed by atoms with Gasteiger partial charge < -0.3 is 4.74 Å². The molecule has 0 spiro atoms. The first-order valence-electron chi connectivity index (χ1n) is 9.38. The van der Waals surface area contributed by atoms with Gasteiger partial charge >= 0.3 is 12.5 Å². The first-order valence-corrected chi connectivity index (χ1v) is 9.38. The van der Waals surface area contributed by atoms with E-state index in [0.717, 1.165) is 23.8 Å². The zero-order valence-electron chi connectivity index (χ0n) is 16.8. The van der Waals surface area contributed by atoms with Crippen LogP contribution >= 0.6 is 0 Å². The lowest BCUT2D eigenvalue weighted by Crippen LogP contribution is -2.30. The van der Waals surface area contributed by atoms with Crippen LogP contribution in [0.15, 0.2) is 90.7 Å². The summed E-state index contributed by atoms with van der Waals surface area (Å²) in [6, 6.07) is 14.5. The van der Waals surface area contributed by atoms with Crippen molar-refractivity contribution in [3.63, 3.8) is 0 Å². The third-order valence-corrected chi connectivity index (χ3v) is 4.82. The van der Waals surface area contributed by atoms with Crippen LogP contribution < -0.4 is 0 Å². The second kappa shape index (κ2) is 10.4. The standard InChI is InChI=1S/C24H22F6O/c1-3-21(31-24(29,30)22(27)28)15-19(13-14-25)23(2,16-17-7-5-4-6-8-17)18-9-11-20(26)12-10-18/h3-13,15,22H,1,14,16H2,2H3/b19-13+,21-15+/t23-/m0/s1. The van der Waals surface area contributed by atoms with Crippen LogP contribution in [0, 0.1) is 5.82 Å². The minimum Gasteiger partial charge on any atom is -0.428 e. The molecular formula is C24H22F6O. The highest BCUT2D eigenvalue weighted by Gasteiger charge is 2.44. The average Bonchev–Trinajstić information content (AvgIpc) is 2.73. The number of hydrogen-bond donors (Lipinski definition) is 0. The quantitative estimate of drug-likeness (QED) is 0.216. The zero-order valence-corrected chi connectivity index (χ0v) is 16.8.